The van der Waals surface area contributed by atoms with Gasteiger partial charge in [-0.15, -0.1) is 6.58 Å². The maximum absolute atomic E-state index is 12.1. The number of aryl methyl sites for hydroxylation is 2. The first-order valence-corrected chi connectivity index (χ1v) is 5.24. The summed E-state index contributed by atoms with van der Waals surface area (Å²) in [5.74, 6) is 0.291. The van der Waals surface area contributed by atoms with E-state index in [-0.39, 0.29) is 0 Å². The lowest BCUT2D eigenvalue weighted by atomic mass is 10.0. The SMILES string of the molecule is C=CCc1c(C)cc(C)cc1OCC(F)(F)F. The van der Waals surface area contributed by atoms with Crippen molar-refractivity contribution in [2.45, 2.75) is 26.4 Å². The molecule has 1 aromatic rings. The second kappa shape index (κ2) is 5.25. The maximum atomic E-state index is 12.1. The van der Waals surface area contributed by atoms with E-state index in [9.17, 15) is 13.2 Å². The van der Waals surface area contributed by atoms with Gasteiger partial charge in [0.15, 0.2) is 6.61 Å². The van der Waals surface area contributed by atoms with Gasteiger partial charge in [0, 0.05) is 5.56 Å². The smallest absolute Gasteiger partial charge is 0.422 e. The van der Waals surface area contributed by atoms with Gasteiger partial charge in [0.2, 0.25) is 0 Å². The van der Waals surface area contributed by atoms with E-state index in [4.69, 9.17) is 4.74 Å². The number of hydrogen-bond acceptors (Lipinski definition) is 1. The van der Waals surface area contributed by atoms with Crippen molar-refractivity contribution in [3.05, 3.63) is 41.5 Å². The molecule has 0 heterocycles. The van der Waals surface area contributed by atoms with Gasteiger partial charge in [0.25, 0.3) is 0 Å². The van der Waals surface area contributed by atoms with Crippen LogP contribution < -0.4 is 4.74 Å². The van der Waals surface area contributed by atoms with E-state index in [0.717, 1.165) is 16.7 Å². The Morgan fingerprint density at radius 3 is 2.47 bits per heavy atom. The molecule has 0 N–H and O–H groups in total. The molecule has 1 rings (SSSR count). The zero-order valence-electron chi connectivity index (χ0n) is 9.90. The standard InChI is InChI=1S/C13H15F3O/c1-4-5-11-10(3)6-9(2)7-12(11)17-8-13(14,15)16/h4,6-7H,1,5,8H2,2-3H3. The number of ether oxygens (including phenoxy) is 1. The quantitative estimate of drug-likeness (QED) is 0.728. The number of halogens is 3. The van der Waals surface area contributed by atoms with Gasteiger partial charge in [0.05, 0.1) is 0 Å². The summed E-state index contributed by atoms with van der Waals surface area (Å²) in [4.78, 5) is 0. The molecule has 0 aliphatic heterocycles. The number of allylic oxidation sites excluding steroid dienone is 1. The first-order chi connectivity index (χ1) is 7.83. The van der Waals surface area contributed by atoms with Gasteiger partial charge in [-0.3, -0.25) is 0 Å². The number of hydrogen-bond donors (Lipinski definition) is 0. The molecule has 1 nitrogen and oxygen atoms in total. The third-order valence-electron chi connectivity index (χ3n) is 2.32. The minimum Gasteiger partial charge on any atom is -0.484 e. The molecule has 0 bridgehead atoms. The van der Waals surface area contributed by atoms with Crippen molar-refractivity contribution < 1.29 is 17.9 Å². The van der Waals surface area contributed by atoms with E-state index in [1.54, 1.807) is 12.1 Å². The van der Waals surface area contributed by atoms with Crippen molar-refractivity contribution in [3.8, 4) is 5.75 Å². The Bertz CT molecular complexity index is 408. The predicted molar refractivity (Wildman–Crippen MR) is 61.4 cm³/mol. The van der Waals surface area contributed by atoms with Gasteiger partial charge in [-0.25, -0.2) is 0 Å². The molecule has 0 saturated heterocycles. The Labute approximate surface area is 98.9 Å². The van der Waals surface area contributed by atoms with Gasteiger partial charge in [0.1, 0.15) is 5.75 Å². The third-order valence-corrected chi connectivity index (χ3v) is 2.32. The summed E-state index contributed by atoms with van der Waals surface area (Å²) in [5, 5.41) is 0. The zero-order valence-corrected chi connectivity index (χ0v) is 9.90. The zero-order chi connectivity index (χ0) is 13.1. The highest BCUT2D eigenvalue weighted by Crippen LogP contribution is 2.27. The van der Waals surface area contributed by atoms with E-state index >= 15 is 0 Å². The van der Waals surface area contributed by atoms with Crippen LogP contribution in [-0.2, 0) is 6.42 Å². The molecule has 0 radical (unpaired) electrons. The molecule has 0 fully saturated rings. The lowest BCUT2D eigenvalue weighted by molar-refractivity contribution is -0.153. The predicted octanol–water partition coefficient (Wildman–Crippen LogP) is 3.97. The number of rotatable bonds is 4. The van der Waals surface area contributed by atoms with Gasteiger partial charge in [-0.2, -0.15) is 13.2 Å². The Balaban J connectivity index is 2.99. The van der Waals surface area contributed by atoms with Crippen molar-refractivity contribution in [2.24, 2.45) is 0 Å². The van der Waals surface area contributed by atoms with Gasteiger partial charge >= 0.3 is 6.18 Å². The van der Waals surface area contributed by atoms with Gasteiger partial charge < -0.3 is 4.74 Å². The Morgan fingerprint density at radius 2 is 1.94 bits per heavy atom. The molecule has 4 heteroatoms. The van der Waals surface area contributed by atoms with Crippen LogP contribution in [0.15, 0.2) is 24.8 Å². The van der Waals surface area contributed by atoms with Crippen molar-refractivity contribution in [1.82, 2.24) is 0 Å². The van der Waals surface area contributed by atoms with Gasteiger partial charge in [-0.1, -0.05) is 12.1 Å². The van der Waals surface area contributed by atoms with Crippen molar-refractivity contribution in [3.63, 3.8) is 0 Å². The first kappa shape index (κ1) is 13.6. The van der Waals surface area contributed by atoms with Crippen LogP contribution >= 0.6 is 0 Å². The summed E-state index contributed by atoms with van der Waals surface area (Å²) in [7, 11) is 0. The van der Waals surface area contributed by atoms with Crippen LogP contribution in [-0.4, -0.2) is 12.8 Å². The molecule has 0 atom stereocenters. The highest BCUT2D eigenvalue weighted by atomic mass is 19.4. The van der Waals surface area contributed by atoms with Crippen LogP contribution in [0.4, 0.5) is 13.2 Å². The molecular formula is C13H15F3O. The summed E-state index contributed by atoms with van der Waals surface area (Å²) in [5.41, 5.74) is 2.56. The lowest BCUT2D eigenvalue weighted by Gasteiger charge is -2.15. The van der Waals surface area contributed by atoms with Crippen molar-refractivity contribution >= 4 is 0 Å². The van der Waals surface area contributed by atoms with Gasteiger partial charge in [-0.05, 0) is 37.5 Å². The average molecular weight is 244 g/mol. The molecule has 1 aromatic carbocycles. The molecule has 0 spiro atoms. The van der Waals surface area contributed by atoms with E-state index in [0.29, 0.717) is 12.2 Å². The molecule has 0 aromatic heterocycles. The van der Waals surface area contributed by atoms with Crippen molar-refractivity contribution in [2.75, 3.05) is 6.61 Å². The van der Waals surface area contributed by atoms with Crippen LogP contribution in [0.3, 0.4) is 0 Å². The second-order valence-corrected chi connectivity index (χ2v) is 3.96. The molecule has 0 aliphatic rings. The minimum atomic E-state index is -4.32. The highest BCUT2D eigenvalue weighted by molar-refractivity contribution is 5.44. The molecular weight excluding hydrogens is 229 g/mol. The summed E-state index contributed by atoms with van der Waals surface area (Å²) in [6.07, 6.45) is -2.17. The fraction of sp³-hybridized carbons (Fsp3) is 0.385. The summed E-state index contributed by atoms with van der Waals surface area (Å²) >= 11 is 0. The minimum absolute atomic E-state index is 0.291. The van der Waals surface area contributed by atoms with E-state index in [2.05, 4.69) is 6.58 Å². The highest BCUT2D eigenvalue weighted by Gasteiger charge is 2.28. The fourth-order valence-corrected chi connectivity index (χ4v) is 1.65. The number of alkyl halides is 3. The summed E-state index contributed by atoms with van der Waals surface area (Å²) in [6.45, 7) is 6.01. The molecule has 94 valence electrons. The Morgan fingerprint density at radius 1 is 1.29 bits per heavy atom. The fourth-order valence-electron chi connectivity index (χ4n) is 1.65. The largest absolute Gasteiger partial charge is 0.484 e. The molecule has 0 aliphatic carbocycles. The molecule has 0 amide bonds. The van der Waals surface area contributed by atoms with E-state index in [1.807, 2.05) is 19.9 Å². The van der Waals surface area contributed by atoms with Crippen LogP contribution in [0, 0.1) is 13.8 Å². The first-order valence-electron chi connectivity index (χ1n) is 5.24. The second-order valence-electron chi connectivity index (χ2n) is 3.96. The van der Waals surface area contributed by atoms with Crippen LogP contribution in [0.25, 0.3) is 0 Å². The van der Waals surface area contributed by atoms with Crippen LogP contribution in [0.5, 0.6) is 5.75 Å². The monoisotopic (exact) mass is 244 g/mol. The summed E-state index contributed by atoms with van der Waals surface area (Å²) < 4.78 is 41.2. The number of benzene rings is 1. The molecule has 0 unspecified atom stereocenters. The van der Waals surface area contributed by atoms with Crippen LogP contribution in [0.2, 0.25) is 0 Å². The average Bonchev–Trinajstić information content (AvgIpc) is 2.18. The lowest BCUT2D eigenvalue weighted by Crippen LogP contribution is -2.20. The molecule has 17 heavy (non-hydrogen) atoms. The Kier molecular flexibility index (Phi) is 4.21. The Hall–Kier alpha value is -1.45. The van der Waals surface area contributed by atoms with E-state index < -0.39 is 12.8 Å². The van der Waals surface area contributed by atoms with Crippen molar-refractivity contribution in [1.29, 1.82) is 0 Å². The summed E-state index contributed by atoms with van der Waals surface area (Å²) in [6, 6.07) is 3.54. The normalized spacial score (nSPS) is 11.4. The topological polar surface area (TPSA) is 9.23 Å². The maximum Gasteiger partial charge on any atom is 0.422 e. The van der Waals surface area contributed by atoms with E-state index in [1.165, 1.54) is 0 Å². The third kappa shape index (κ3) is 4.13. The van der Waals surface area contributed by atoms with Crippen LogP contribution in [0.1, 0.15) is 16.7 Å². The molecule has 0 saturated carbocycles.